The molecule has 0 aliphatic carbocycles. The van der Waals surface area contributed by atoms with Gasteiger partial charge in [0.25, 0.3) is 0 Å². The van der Waals surface area contributed by atoms with Gasteiger partial charge in [-0.2, -0.15) is 4.31 Å². The average molecular weight is 524 g/mol. The van der Waals surface area contributed by atoms with Gasteiger partial charge in [-0.25, -0.2) is 18.4 Å². The van der Waals surface area contributed by atoms with Crippen molar-refractivity contribution in [3.63, 3.8) is 0 Å². The van der Waals surface area contributed by atoms with Gasteiger partial charge in [-0.1, -0.05) is 37.6 Å². The van der Waals surface area contributed by atoms with Gasteiger partial charge in [0.2, 0.25) is 10.0 Å². The Morgan fingerprint density at radius 3 is 2.32 bits per heavy atom. The van der Waals surface area contributed by atoms with E-state index in [0.29, 0.717) is 44.3 Å². The van der Waals surface area contributed by atoms with Gasteiger partial charge in [0.05, 0.1) is 29.7 Å². The molecular weight excluding hydrogens is 486 g/mol. The maximum atomic E-state index is 13.3. The summed E-state index contributed by atoms with van der Waals surface area (Å²) in [7, 11) is -3.51. The van der Waals surface area contributed by atoms with Crippen LogP contribution < -0.4 is 4.90 Å². The van der Waals surface area contributed by atoms with Crippen LogP contribution in [0.4, 0.5) is 5.82 Å². The number of morpholine rings is 1. The van der Waals surface area contributed by atoms with Crippen LogP contribution in [0.25, 0.3) is 10.9 Å². The number of para-hydroxylation sites is 1. The average Bonchev–Trinajstić information content (AvgIpc) is 2.96. The summed E-state index contributed by atoms with van der Waals surface area (Å²) in [5.74, 6) is 1.73. The zero-order valence-electron chi connectivity index (χ0n) is 21.8. The molecule has 1 atom stereocenters. The first-order chi connectivity index (χ1) is 18.0. The number of piperazine rings is 1. The Kier molecular flexibility index (Phi) is 8.04. The molecule has 198 valence electrons. The van der Waals surface area contributed by atoms with Crippen LogP contribution >= 0.6 is 0 Å². The number of hydrogen-bond donors (Lipinski definition) is 0. The number of sulfonamides is 1. The number of hydrogen-bond acceptors (Lipinski definition) is 7. The molecular formula is C28H37N5O3S. The molecule has 3 heterocycles. The fourth-order valence-corrected chi connectivity index (χ4v) is 6.56. The Labute approximate surface area is 220 Å². The number of anilines is 1. The van der Waals surface area contributed by atoms with Crippen LogP contribution in [0.2, 0.25) is 0 Å². The first-order valence-electron chi connectivity index (χ1n) is 13.4. The SMILES string of the molecule is CCCCc1ccc(S(=O)(=O)N2CCN([C@H](C)c3nc(N4CCOCC4)c4ccccc4n3)CC2)cc1. The van der Waals surface area contributed by atoms with Crippen molar-refractivity contribution in [1.82, 2.24) is 19.2 Å². The zero-order chi connectivity index (χ0) is 25.8. The van der Waals surface area contributed by atoms with Gasteiger partial charge in [-0.05, 0) is 49.6 Å². The lowest BCUT2D eigenvalue weighted by molar-refractivity contribution is 0.122. The normalized spacial score (nSPS) is 18.8. The smallest absolute Gasteiger partial charge is 0.243 e. The third-order valence-corrected chi connectivity index (χ3v) is 9.40. The van der Waals surface area contributed by atoms with E-state index in [0.717, 1.165) is 54.9 Å². The van der Waals surface area contributed by atoms with E-state index in [9.17, 15) is 8.42 Å². The second kappa shape index (κ2) is 11.4. The summed E-state index contributed by atoms with van der Waals surface area (Å²) in [5.41, 5.74) is 2.12. The number of aromatic nitrogens is 2. The lowest BCUT2D eigenvalue weighted by Crippen LogP contribution is -2.49. The van der Waals surface area contributed by atoms with Crippen LogP contribution in [0.3, 0.4) is 0 Å². The number of nitrogens with zero attached hydrogens (tertiary/aromatic N) is 5. The van der Waals surface area contributed by atoms with Crippen molar-refractivity contribution in [1.29, 1.82) is 0 Å². The second-order valence-corrected chi connectivity index (χ2v) is 11.8. The van der Waals surface area contributed by atoms with Crippen LogP contribution in [-0.2, 0) is 21.2 Å². The molecule has 2 saturated heterocycles. The maximum absolute atomic E-state index is 13.3. The first kappa shape index (κ1) is 26.0. The van der Waals surface area contributed by atoms with Crippen LogP contribution in [0.1, 0.15) is 44.1 Å². The molecule has 0 spiro atoms. The van der Waals surface area contributed by atoms with Crippen LogP contribution in [0.5, 0.6) is 0 Å². The number of fused-ring (bicyclic) bond motifs is 1. The monoisotopic (exact) mass is 523 g/mol. The number of benzene rings is 2. The third kappa shape index (κ3) is 5.65. The Balaban J connectivity index is 1.29. The van der Waals surface area contributed by atoms with Gasteiger partial charge in [0.15, 0.2) is 0 Å². The quantitative estimate of drug-likeness (QED) is 0.443. The molecule has 5 rings (SSSR count). The van der Waals surface area contributed by atoms with E-state index in [4.69, 9.17) is 14.7 Å². The highest BCUT2D eigenvalue weighted by Crippen LogP contribution is 2.29. The topological polar surface area (TPSA) is 78.9 Å². The minimum absolute atomic E-state index is 0.0212. The lowest BCUT2D eigenvalue weighted by Gasteiger charge is -2.37. The number of aryl methyl sites for hydroxylation is 1. The molecule has 0 radical (unpaired) electrons. The predicted octanol–water partition coefficient (Wildman–Crippen LogP) is 3.88. The molecule has 3 aromatic rings. The molecule has 0 unspecified atom stereocenters. The summed E-state index contributed by atoms with van der Waals surface area (Å²) in [5, 5.41) is 1.05. The van der Waals surface area contributed by atoms with E-state index >= 15 is 0 Å². The molecule has 37 heavy (non-hydrogen) atoms. The van der Waals surface area contributed by atoms with Crippen molar-refractivity contribution in [3.8, 4) is 0 Å². The Bertz CT molecular complexity index is 1300. The standard InChI is InChI=1S/C28H37N5O3S/c1-3-4-7-23-10-12-24(13-11-23)37(34,35)33-16-14-31(15-17-33)22(2)27-29-26-9-6-5-8-25(26)28(30-27)32-18-20-36-21-19-32/h5-6,8-13,22H,3-4,7,14-21H2,1-2H3/t22-/m1/s1. The summed E-state index contributed by atoms with van der Waals surface area (Å²) < 4.78 is 33.7. The van der Waals surface area contributed by atoms with Crippen molar-refractivity contribution in [3.05, 3.63) is 59.9 Å². The fourth-order valence-electron chi connectivity index (χ4n) is 5.13. The molecule has 2 aliphatic rings. The van der Waals surface area contributed by atoms with Crippen LogP contribution in [0.15, 0.2) is 53.4 Å². The molecule has 9 heteroatoms. The number of unbranched alkanes of at least 4 members (excludes halogenated alkanes) is 1. The van der Waals surface area contributed by atoms with Crippen LogP contribution in [0, 0.1) is 0 Å². The fraction of sp³-hybridized carbons (Fsp3) is 0.500. The highest BCUT2D eigenvalue weighted by Gasteiger charge is 2.31. The van der Waals surface area contributed by atoms with Crippen LogP contribution in [-0.4, -0.2) is 80.1 Å². The minimum atomic E-state index is -3.51. The molecule has 0 bridgehead atoms. The van der Waals surface area contributed by atoms with Crippen molar-refractivity contribution in [2.75, 3.05) is 57.4 Å². The molecule has 0 amide bonds. The second-order valence-electron chi connectivity index (χ2n) is 9.89. The molecule has 2 fully saturated rings. The van der Waals surface area contributed by atoms with E-state index in [-0.39, 0.29) is 6.04 Å². The lowest BCUT2D eigenvalue weighted by atomic mass is 10.1. The molecule has 8 nitrogen and oxygen atoms in total. The van der Waals surface area contributed by atoms with Gasteiger partial charge < -0.3 is 9.64 Å². The van der Waals surface area contributed by atoms with E-state index in [2.05, 4.69) is 29.7 Å². The Morgan fingerprint density at radius 2 is 1.62 bits per heavy atom. The molecule has 0 N–H and O–H groups in total. The zero-order valence-corrected chi connectivity index (χ0v) is 22.7. The van der Waals surface area contributed by atoms with E-state index in [1.807, 2.05) is 30.3 Å². The summed E-state index contributed by atoms with van der Waals surface area (Å²) in [4.78, 5) is 14.9. The number of ether oxygens (including phenoxy) is 1. The summed E-state index contributed by atoms with van der Waals surface area (Å²) in [6.07, 6.45) is 3.22. The van der Waals surface area contributed by atoms with E-state index in [1.54, 1.807) is 16.4 Å². The van der Waals surface area contributed by atoms with Gasteiger partial charge >= 0.3 is 0 Å². The van der Waals surface area contributed by atoms with E-state index < -0.39 is 10.0 Å². The van der Waals surface area contributed by atoms with Crippen molar-refractivity contribution < 1.29 is 13.2 Å². The van der Waals surface area contributed by atoms with E-state index in [1.165, 1.54) is 5.56 Å². The van der Waals surface area contributed by atoms with Crippen molar-refractivity contribution >= 4 is 26.7 Å². The first-order valence-corrected chi connectivity index (χ1v) is 14.8. The minimum Gasteiger partial charge on any atom is -0.378 e. The molecule has 1 aromatic heterocycles. The predicted molar refractivity (Wildman–Crippen MR) is 146 cm³/mol. The highest BCUT2D eigenvalue weighted by molar-refractivity contribution is 7.89. The van der Waals surface area contributed by atoms with Gasteiger partial charge in [-0.3, -0.25) is 4.90 Å². The van der Waals surface area contributed by atoms with Gasteiger partial charge in [0, 0.05) is 44.7 Å². The summed E-state index contributed by atoms with van der Waals surface area (Å²) in [6, 6.07) is 15.5. The van der Waals surface area contributed by atoms with Gasteiger partial charge in [0.1, 0.15) is 11.6 Å². The third-order valence-electron chi connectivity index (χ3n) is 7.49. The van der Waals surface area contributed by atoms with Crippen molar-refractivity contribution in [2.24, 2.45) is 0 Å². The largest absolute Gasteiger partial charge is 0.378 e. The van der Waals surface area contributed by atoms with Gasteiger partial charge in [-0.15, -0.1) is 0 Å². The summed E-state index contributed by atoms with van der Waals surface area (Å²) >= 11 is 0. The number of rotatable bonds is 8. The molecule has 2 aromatic carbocycles. The highest BCUT2D eigenvalue weighted by atomic mass is 32.2. The maximum Gasteiger partial charge on any atom is 0.243 e. The summed E-state index contributed by atoms with van der Waals surface area (Å²) in [6.45, 7) is 9.47. The molecule has 0 saturated carbocycles. The molecule has 2 aliphatic heterocycles. The van der Waals surface area contributed by atoms with Crippen molar-refractivity contribution in [2.45, 2.75) is 44.0 Å². The Hall–Kier alpha value is -2.59. The Morgan fingerprint density at radius 1 is 0.919 bits per heavy atom.